The van der Waals surface area contributed by atoms with E-state index >= 15 is 0 Å². The van der Waals surface area contributed by atoms with Crippen molar-refractivity contribution in [1.82, 2.24) is 18.9 Å². The molecule has 0 radical (unpaired) electrons. The first-order valence-corrected chi connectivity index (χ1v) is 20.7. The molecule has 0 bridgehead atoms. The first-order chi connectivity index (χ1) is 30.3. The van der Waals surface area contributed by atoms with Gasteiger partial charge >= 0.3 is 0 Å². The second-order valence-electron chi connectivity index (χ2n) is 15.4. The highest BCUT2D eigenvalue weighted by atomic mass is 15.1. The fourth-order valence-corrected chi connectivity index (χ4v) is 9.35. The highest BCUT2D eigenvalue weighted by molar-refractivity contribution is 6.14. The molecular weight excluding hydrogens is 743 g/mol. The zero-order valence-electron chi connectivity index (χ0n) is 33.1. The van der Waals surface area contributed by atoms with Gasteiger partial charge in [-0.25, -0.2) is 9.97 Å². The van der Waals surface area contributed by atoms with Crippen molar-refractivity contribution in [2.75, 3.05) is 4.90 Å². The van der Waals surface area contributed by atoms with E-state index in [1.54, 1.807) is 0 Å². The molecule has 4 aromatic heterocycles. The Morgan fingerprint density at radius 1 is 0.377 bits per heavy atom. The Bertz CT molecular complexity index is 3520. The monoisotopic (exact) mass is 779 g/mol. The summed E-state index contributed by atoms with van der Waals surface area (Å²) in [6, 6.07) is 75.7. The molecule has 8 aromatic carbocycles. The standard InChI is InChI=1S/C56H37N5/c1-4-17-38(18-5-1)43-25-16-26-44(39-19-6-2-7-20-39)55(43)53-37-58-56-49-35-41(30-32-45(49)46-23-10-13-28-51(46)61(53)56)59(40-21-8-3-9-22-40)42-31-33-48-47-24-11-12-27-50(47)60(52(48)36-42)54-29-14-15-34-57-54/h1-37H. The fourth-order valence-electron chi connectivity index (χ4n) is 9.35. The van der Waals surface area contributed by atoms with Gasteiger partial charge in [0.2, 0.25) is 0 Å². The second-order valence-corrected chi connectivity index (χ2v) is 15.4. The van der Waals surface area contributed by atoms with Crippen LogP contribution < -0.4 is 4.90 Å². The molecule has 0 saturated carbocycles. The average Bonchev–Trinajstić information content (AvgIpc) is 3.93. The first kappa shape index (κ1) is 34.7. The van der Waals surface area contributed by atoms with E-state index in [2.05, 4.69) is 220 Å². The van der Waals surface area contributed by atoms with Crippen molar-refractivity contribution in [1.29, 1.82) is 0 Å². The summed E-state index contributed by atoms with van der Waals surface area (Å²) in [5.74, 6) is 0.886. The summed E-state index contributed by atoms with van der Waals surface area (Å²) in [5.41, 5.74) is 14.2. The lowest BCUT2D eigenvalue weighted by atomic mass is 9.90. The number of fused-ring (bicyclic) bond motifs is 9. The molecule has 0 unspecified atom stereocenters. The summed E-state index contributed by atoms with van der Waals surface area (Å²) < 4.78 is 4.65. The maximum atomic E-state index is 5.33. The third-order valence-corrected chi connectivity index (χ3v) is 12.0. The smallest absolute Gasteiger partial charge is 0.145 e. The lowest BCUT2D eigenvalue weighted by molar-refractivity contribution is 1.08. The first-order valence-electron chi connectivity index (χ1n) is 20.7. The van der Waals surface area contributed by atoms with Crippen LogP contribution in [-0.2, 0) is 0 Å². The van der Waals surface area contributed by atoms with Gasteiger partial charge in [0.25, 0.3) is 0 Å². The van der Waals surface area contributed by atoms with E-state index in [4.69, 9.17) is 9.97 Å². The maximum Gasteiger partial charge on any atom is 0.145 e. The number of rotatable bonds is 7. The van der Waals surface area contributed by atoms with Crippen LogP contribution in [0.15, 0.2) is 225 Å². The SMILES string of the molecule is c1ccc(-c2cccc(-c3ccccc3)c2-c2cnc3c4cc(N(c5ccccc5)c5ccc6c7ccccc7n(-c7ccccn7)c6c5)ccc4c4ccccc4n23)cc1. The van der Waals surface area contributed by atoms with Gasteiger partial charge in [0, 0.05) is 50.4 Å². The molecule has 12 aromatic rings. The number of hydrogen-bond acceptors (Lipinski definition) is 3. The minimum atomic E-state index is 0.886. The van der Waals surface area contributed by atoms with E-state index in [0.29, 0.717) is 0 Å². The summed E-state index contributed by atoms with van der Waals surface area (Å²) in [7, 11) is 0. The molecule has 0 N–H and O–H groups in total. The van der Waals surface area contributed by atoms with E-state index in [1.165, 1.54) is 16.2 Å². The van der Waals surface area contributed by atoms with Crippen LogP contribution in [-0.4, -0.2) is 18.9 Å². The third kappa shape index (κ3) is 5.63. The number of para-hydroxylation sites is 3. The molecule has 5 heteroatoms. The van der Waals surface area contributed by atoms with Crippen LogP contribution in [0.2, 0.25) is 0 Å². The van der Waals surface area contributed by atoms with Gasteiger partial charge in [0.15, 0.2) is 0 Å². The van der Waals surface area contributed by atoms with Crippen molar-refractivity contribution in [2.24, 2.45) is 0 Å². The number of hydrogen-bond donors (Lipinski definition) is 0. The summed E-state index contributed by atoms with van der Waals surface area (Å²) in [5, 5.41) is 5.77. The number of pyridine rings is 2. The molecule has 0 spiro atoms. The van der Waals surface area contributed by atoms with Gasteiger partial charge in [0.05, 0.1) is 28.4 Å². The molecule has 0 amide bonds. The Labute approximate surface area is 352 Å². The Hall–Kier alpha value is -8.28. The van der Waals surface area contributed by atoms with Crippen LogP contribution in [0.4, 0.5) is 17.1 Å². The minimum Gasteiger partial charge on any atom is -0.310 e. The molecule has 61 heavy (non-hydrogen) atoms. The zero-order valence-corrected chi connectivity index (χ0v) is 33.1. The van der Waals surface area contributed by atoms with Gasteiger partial charge in [-0.15, -0.1) is 0 Å². The highest BCUT2D eigenvalue weighted by Crippen LogP contribution is 2.45. The van der Waals surface area contributed by atoms with Crippen molar-refractivity contribution in [3.8, 4) is 39.3 Å². The van der Waals surface area contributed by atoms with E-state index in [0.717, 1.165) is 89.4 Å². The van der Waals surface area contributed by atoms with Gasteiger partial charge in [0.1, 0.15) is 11.5 Å². The van der Waals surface area contributed by atoms with Crippen LogP contribution in [0.3, 0.4) is 0 Å². The second kappa shape index (κ2) is 14.2. The Morgan fingerprint density at radius 2 is 0.951 bits per heavy atom. The topological polar surface area (TPSA) is 38.4 Å². The molecule has 0 aliphatic carbocycles. The molecule has 12 rings (SSSR count). The van der Waals surface area contributed by atoms with Gasteiger partial charge in [-0.3, -0.25) is 8.97 Å². The molecule has 0 aliphatic rings. The molecule has 0 saturated heterocycles. The van der Waals surface area contributed by atoms with E-state index < -0.39 is 0 Å². The predicted molar refractivity (Wildman–Crippen MR) is 253 cm³/mol. The normalized spacial score (nSPS) is 11.6. The van der Waals surface area contributed by atoms with Gasteiger partial charge < -0.3 is 4.90 Å². The van der Waals surface area contributed by atoms with Gasteiger partial charge in [-0.05, 0) is 88.3 Å². The summed E-state index contributed by atoms with van der Waals surface area (Å²) in [4.78, 5) is 12.5. The number of anilines is 3. The van der Waals surface area contributed by atoms with Crippen molar-refractivity contribution >= 4 is 66.2 Å². The highest BCUT2D eigenvalue weighted by Gasteiger charge is 2.23. The largest absolute Gasteiger partial charge is 0.310 e. The van der Waals surface area contributed by atoms with Crippen LogP contribution in [0, 0.1) is 0 Å². The van der Waals surface area contributed by atoms with Crippen LogP contribution in [0.1, 0.15) is 0 Å². The lowest BCUT2D eigenvalue weighted by Gasteiger charge is -2.26. The minimum absolute atomic E-state index is 0.886. The molecule has 0 atom stereocenters. The molecular formula is C56H37N5. The van der Waals surface area contributed by atoms with Crippen molar-refractivity contribution in [3.63, 3.8) is 0 Å². The summed E-state index contributed by atoms with van der Waals surface area (Å²) in [6.07, 6.45) is 3.93. The number of aromatic nitrogens is 4. The van der Waals surface area contributed by atoms with E-state index in [-0.39, 0.29) is 0 Å². The summed E-state index contributed by atoms with van der Waals surface area (Å²) >= 11 is 0. The van der Waals surface area contributed by atoms with Crippen LogP contribution in [0.5, 0.6) is 0 Å². The maximum absolute atomic E-state index is 5.33. The van der Waals surface area contributed by atoms with Crippen molar-refractivity contribution in [2.45, 2.75) is 0 Å². The third-order valence-electron chi connectivity index (χ3n) is 12.0. The number of benzene rings is 8. The molecule has 0 fully saturated rings. The van der Waals surface area contributed by atoms with Crippen molar-refractivity contribution in [3.05, 3.63) is 225 Å². The van der Waals surface area contributed by atoms with E-state index in [9.17, 15) is 0 Å². The number of imidazole rings is 1. The average molecular weight is 780 g/mol. The van der Waals surface area contributed by atoms with Gasteiger partial charge in [-0.2, -0.15) is 0 Å². The van der Waals surface area contributed by atoms with Crippen molar-refractivity contribution < 1.29 is 0 Å². The fraction of sp³-hybridized carbons (Fsp3) is 0. The molecule has 286 valence electrons. The Balaban J connectivity index is 1.12. The van der Waals surface area contributed by atoms with Gasteiger partial charge in [-0.1, -0.05) is 152 Å². The molecule has 4 heterocycles. The van der Waals surface area contributed by atoms with E-state index in [1.807, 2.05) is 18.3 Å². The predicted octanol–water partition coefficient (Wildman–Crippen LogP) is 14.6. The zero-order chi connectivity index (χ0) is 40.3. The Morgan fingerprint density at radius 3 is 1.64 bits per heavy atom. The number of nitrogens with zero attached hydrogens (tertiary/aromatic N) is 5. The quantitative estimate of drug-likeness (QED) is 0.151. The Kier molecular flexibility index (Phi) is 8.10. The molecule has 5 nitrogen and oxygen atoms in total. The summed E-state index contributed by atoms with van der Waals surface area (Å²) in [6.45, 7) is 0. The molecule has 0 aliphatic heterocycles. The lowest BCUT2D eigenvalue weighted by Crippen LogP contribution is -2.10. The van der Waals surface area contributed by atoms with Crippen LogP contribution >= 0.6 is 0 Å². The van der Waals surface area contributed by atoms with Crippen LogP contribution in [0.25, 0.3) is 88.5 Å².